The highest BCUT2D eigenvalue weighted by atomic mass is 32.2. The summed E-state index contributed by atoms with van der Waals surface area (Å²) < 4.78 is 11.2. The molecule has 1 N–H and O–H groups in total. The maximum Gasteiger partial charge on any atom is 0.157 e. The van der Waals surface area contributed by atoms with Crippen molar-refractivity contribution in [3.63, 3.8) is 0 Å². The highest BCUT2D eigenvalue weighted by Gasteiger charge is 2.31. The summed E-state index contributed by atoms with van der Waals surface area (Å²) in [7, 11) is -0.577. The van der Waals surface area contributed by atoms with Gasteiger partial charge in [0.2, 0.25) is 0 Å². The summed E-state index contributed by atoms with van der Waals surface area (Å²) >= 11 is 1.83. The molecule has 2 aliphatic heterocycles. The first-order valence-corrected chi connectivity index (χ1v) is 8.42. The summed E-state index contributed by atoms with van der Waals surface area (Å²) in [6, 6.07) is 0.395. The van der Waals surface area contributed by atoms with Crippen LogP contribution in [-0.2, 0) is 10.8 Å². The minimum Gasteiger partial charge on any atom is -0.359 e. The largest absolute Gasteiger partial charge is 0.359 e. The SMILES string of the molecule is CCC1(C)CSC(=NC2CCS(=O)CC2)N1. The van der Waals surface area contributed by atoms with E-state index in [4.69, 9.17) is 4.99 Å². The zero-order valence-electron chi connectivity index (χ0n) is 9.99. The van der Waals surface area contributed by atoms with Gasteiger partial charge in [0.25, 0.3) is 0 Å². The molecule has 2 aliphatic rings. The highest BCUT2D eigenvalue weighted by molar-refractivity contribution is 8.14. The Morgan fingerprint density at radius 3 is 2.81 bits per heavy atom. The first kappa shape index (κ1) is 12.4. The summed E-state index contributed by atoms with van der Waals surface area (Å²) in [5, 5.41) is 4.61. The molecular weight excluding hydrogens is 240 g/mol. The maximum atomic E-state index is 11.2. The Morgan fingerprint density at radius 2 is 2.25 bits per heavy atom. The van der Waals surface area contributed by atoms with Gasteiger partial charge in [0, 0.05) is 33.6 Å². The number of thioether (sulfide) groups is 1. The first-order chi connectivity index (χ1) is 7.61. The normalized spacial score (nSPS) is 42.2. The van der Waals surface area contributed by atoms with Crippen molar-refractivity contribution < 1.29 is 4.21 Å². The third-order valence-electron chi connectivity index (χ3n) is 3.37. The van der Waals surface area contributed by atoms with Gasteiger partial charge >= 0.3 is 0 Å². The van der Waals surface area contributed by atoms with Crippen LogP contribution < -0.4 is 5.32 Å². The van der Waals surface area contributed by atoms with E-state index in [1.807, 2.05) is 11.8 Å². The van der Waals surface area contributed by atoms with Crippen molar-refractivity contribution in [3.05, 3.63) is 0 Å². The molecular formula is C11H20N2OS2. The van der Waals surface area contributed by atoms with Gasteiger partial charge in [-0.15, -0.1) is 0 Å². The van der Waals surface area contributed by atoms with Crippen LogP contribution in [0, 0.1) is 0 Å². The summed E-state index contributed by atoms with van der Waals surface area (Å²) in [4.78, 5) is 4.75. The average Bonchev–Trinajstić information content (AvgIpc) is 2.65. The Bertz CT molecular complexity index is 309. The molecule has 2 rings (SSSR count). The van der Waals surface area contributed by atoms with Crippen LogP contribution in [0.4, 0.5) is 0 Å². The lowest BCUT2D eigenvalue weighted by atomic mass is 10.0. The van der Waals surface area contributed by atoms with Gasteiger partial charge in [0.05, 0.1) is 6.04 Å². The van der Waals surface area contributed by atoms with Gasteiger partial charge in [-0.3, -0.25) is 9.20 Å². The Kier molecular flexibility index (Phi) is 3.95. The van der Waals surface area contributed by atoms with Crippen molar-refractivity contribution in [3.8, 4) is 0 Å². The number of rotatable bonds is 2. The number of nitrogens with zero attached hydrogens (tertiary/aromatic N) is 1. The summed E-state index contributed by atoms with van der Waals surface area (Å²) in [5.41, 5.74) is 0.223. The van der Waals surface area contributed by atoms with Crippen molar-refractivity contribution >= 4 is 27.7 Å². The van der Waals surface area contributed by atoms with Crippen LogP contribution in [0.25, 0.3) is 0 Å². The second-order valence-electron chi connectivity index (χ2n) is 4.84. The Labute approximate surface area is 104 Å². The van der Waals surface area contributed by atoms with Crippen LogP contribution in [0.1, 0.15) is 33.1 Å². The van der Waals surface area contributed by atoms with Gasteiger partial charge in [0.1, 0.15) is 0 Å². The molecule has 0 radical (unpaired) electrons. The predicted octanol–water partition coefficient (Wildman–Crippen LogP) is 1.76. The molecule has 0 aliphatic carbocycles. The lowest BCUT2D eigenvalue weighted by Gasteiger charge is -2.22. The van der Waals surface area contributed by atoms with E-state index in [0.29, 0.717) is 6.04 Å². The van der Waals surface area contributed by atoms with Crippen molar-refractivity contribution in [1.29, 1.82) is 0 Å². The summed E-state index contributed by atoms with van der Waals surface area (Å²) in [6.07, 6.45) is 3.11. The van der Waals surface area contributed by atoms with Crippen molar-refractivity contribution in [2.75, 3.05) is 17.3 Å². The zero-order valence-corrected chi connectivity index (χ0v) is 11.6. The molecule has 0 aromatic carbocycles. The average molecular weight is 260 g/mol. The van der Waals surface area contributed by atoms with Gasteiger partial charge in [-0.05, 0) is 26.2 Å². The maximum absolute atomic E-state index is 11.2. The van der Waals surface area contributed by atoms with Crippen molar-refractivity contribution in [2.45, 2.75) is 44.7 Å². The van der Waals surface area contributed by atoms with E-state index in [0.717, 1.165) is 41.7 Å². The predicted molar refractivity (Wildman–Crippen MR) is 72.6 cm³/mol. The molecule has 0 bridgehead atoms. The van der Waals surface area contributed by atoms with E-state index in [9.17, 15) is 4.21 Å². The molecule has 0 saturated carbocycles. The Balaban J connectivity index is 1.91. The second kappa shape index (κ2) is 5.08. The molecule has 2 saturated heterocycles. The molecule has 5 heteroatoms. The lowest BCUT2D eigenvalue weighted by molar-refractivity contribution is 0.464. The van der Waals surface area contributed by atoms with Gasteiger partial charge < -0.3 is 5.32 Å². The molecule has 0 aromatic heterocycles. The molecule has 0 spiro atoms. The molecule has 92 valence electrons. The number of amidine groups is 1. The third-order valence-corrected chi connectivity index (χ3v) is 6.02. The second-order valence-corrected chi connectivity index (χ2v) is 7.50. The van der Waals surface area contributed by atoms with E-state index in [1.165, 1.54) is 0 Å². The van der Waals surface area contributed by atoms with E-state index >= 15 is 0 Å². The van der Waals surface area contributed by atoms with Crippen molar-refractivity contribution in [1.82, 2.24) is 5.32 Å². The number of hydrogen-bond donors (Lipinski definition) is 1. The summed E-state index contributed by atoms with van der Waals surface area (Å²) in [6.45, 7) is 4.46. The van der Waals surface area contributed by atoms with Gasteiger partial charge in [-0.1, -0.05) is 18.7 Å². The molecule has 0 aromatic rings. The van der Waals surface area contributed by atoms with E-state index < -0.39 is 10.8 Å². The minimum absolute atomic E-state index is 0.223. The number of aliphatic imine (C=N–C) groups is 1. The molecule has 1 unspecified atom stereocenters. The monoisotopic (exact) mass is 260 g/mol. The molecule has 2 heterocycles. The third kappa shape index (κ3) is 3.00. The first-order valence-electron chi connectivity index (χ1n) is 5.95. The van der Waals surface area contributed by atoms with Gasteiger partial charge in [-0.25, -0.2) is 0 Å². The van der Waals surface area contributed by atoms with Crippen LogP contribution in [0.2, 0.25) is 0 Å². The fourth-order valence-electron chi connectivity index (χ4n) is 1.89. The zero-order chi connectivity index (χ0) is 11.6. The number of nitrogens with one attached hydrogen (secondary N) is 1. The minimum atomic E-state index is -0.577. The van der Waals surface area contributed by atoms with Crippen molar-refractivity contribution in [2.24, 2.45) is 4.99 Å². The Hall–Kier alpha value is -0.0300. The van der Waals surface area contributed by atoms with Gasteiger partial charge in [0.15, 0.2) is 5.17 Å². The number of hydrogen-bond acceptors (Lipinski definition) is 3. The van der Waals surface area contributed by atoms with Crippen LogP contribution >= 0.6 is 11.8 Å². The standard InChI is InChI=1S/C11H20N2OS2/c1-3-11(2)8-15-10(13-11)12-9-4-6-16(14)7-5-9/h9H,3-8H2,1-2H3,(H,12,13). The smallest absolute Gasteiger partial charge is 0.157 e. The van der Waals surface area contributed by atoms with Crippen LogP contribution in [-0.4, -0.2) is 38.2 Å². The summed E-state index contributed by atoms with van der Waals surface area (Å²) in [5.74, 6) is 2.77. The van der Waals surface area contributed by atoms with E-state index in [-0.39, 0.29) is 5.54 Å². The lowest BCUT2D eigenvalue weighted by Crippen LogP contribution is -2.40. The molecule has 16 heavy (non-hydrogen) atoms. The van der Waals surface area contributed by atoms with Crippen LogP contribution in [0.15, 0.2) is 4.99 Å². The highest BCUT2D eigenvalue weighted by Crippen LogP contribution is 2.26. The van der Waals surface area contributed by atoms with E-state index in [1.54, 1.807) is 0 Å². The molecule has 2 fully saturated rings. The fourth-order valence-corrected chi connectivity index (χ4v) is 4.44. The van der Waals surface area contributed by atoms with E-state index in [2.05, 4.69) is 19.2 Å². The Morgan fingerprint density at radius 1 is 1.56 bits per heavy atom. The van der Waals surface area contributed by atoms with Crippen LogP contribution in [0.5, 0.6) is 0 Å². The topological polar surface area (TPSA) is 41.5 Å². The van der Waals surface area contributed by atoms with Crippen LogP contribution in [0.3, 0.4) is 0 Å². The fraction of sp³-hybridized carbons (Fsp3) is 0.909. The molecule has 3 nitrogen and oxygen atoms in total. The quantitative estimate of drug-likeness (QED) is 0.822. The molecule has 0 amide bonds. The molecule has 1 atom stereocenters. The van der Waals surface area contributed by atoms with Gasteiger partial charge in [-0.2, -0.15) is 0 Å².